The number of non-ortho nitro benzene ring substituents is 1. The zero-order valence-corrected chi connectivity index (χ0v) is 23.4. The predicted octanol–water partition coefficient (Wildman–Crippen LogP) is 3.65. The molecule has 4 rings (SSSR count). The number of carbonyl (C=O) groups is 3. The number of hydrogen-bond acceptors (Lipinski definition) is 11. The van der Waals surface area contributed by atoms with Crippen LogP contribution in [0.15, 0.2) is 53.0 Å². The van der Waals surface area contributed by atoms with Gasteiger partial charge in [0.05, 0.1) is 18.0 Å². The molecule has 2 atom stereocenters. The van der Waals surface area contributed by atoms with Crippen molar-refractivity contribution in [3.8, 4) is 0 Å². The molecule has 1 saturated heterocycles. The molecule has 1 N–H and O–H groups in total. The summed E-state index contributed by atoms with van der Waals surface area (Å²) in [6.07, 6.45) is 0.176. The summed E-state index contributed by atoms with van der Waals surface area (Å²) in [5, 5.41) is 15.1. The van der Waals surface area contributed by atoms with E-state index in [0.717, 1.165) is 4.88 Å². The molecule has 10 nitrogen and oxygen atoms in total. The fourth-order valence-corrected chi connectivity index (χ4v) is 7.02. The fourth-order valence-electron chi connectivity index (χ4n) is 3.82. The Hall–Kier alpha value is -2.94. The highest BCUT2D eigenvalue weighted by atomic mass is 32.2. The van der Waals surface area contributed by atoms with Crippen molar-refractivity contribution in [2.45, 2.75) is 31.4 Å². The molecule has 2 aliphatic rings. The third kappa shape index (κ3) is 6.54. The predicted molar refractivity (Wildman–Crippen MR) is 150 cm³/mol. The number of nitro groups is 1. The molecule has 2 aliphatic heterocycles. The maximum Gasteiger partial charge on any atom is 0.355 e. The first kappa shape index (κ1) is 28.1. The average molecular weight is 594 g/mol. The summed E-state index contributed by atoms with van der Waals surface area (Å²) in [5.74, 6) is -0.572. The molecule has 1 fully saturated rings. The van der Waals surface area contributed by atoms with Crippen LogP contribution < -0.4 is 5.32 Å². The van der Waals surface area contributed by atoms with E-state index in [-0.39, 0.29) is 36.2 Å². The molecular formula is C24H23N3O7S4. The van der Waals surface area contributed by atoms with Gasteiger partial charge in [-0.3, -0.25) is 24.6 Å². The number of nitro benzene ring substituents is 1. The number of nitrogens with zero attached hydrogens (tertiary/aromatic N) is 2. The number of fused-ring (bicyclic) bond motifs is 1. The maximum atomic E-state index is 13.3. The van der Waals surface area contributed by atoms with Gasteiger partial charge in [-0.1, -0.05) is 17.8 Å². The minimum absolute atomic E-state index is 0.0714. The van der Waals surface area contributed by atoms with Gasteiger partial charge >= 0.3 is 5.97 Å². The van der Waals surface area contributed by atoms with Gasteiger partial charge in [0.2, 0.25) is 10.3 Å². The second-order valence-electron chi connectivity index (χ2n) is 8.13. The van der Waals surface area contributed by atoms with Crippen LogP contribution in [0.3, 0.4) is 0 Å². The molecule has 1 aromatic heterocycles. The van der Waals surface area contributed by atoms with Gasteiger partial charge in [0.25, 0.3) is 11.6 Å². The lowest BCUT2D eigenvalue weighted by molar-refractivity contribution is -0.384. The largest absolute Gasteiger partial charge is 0.479 e. The summed E-state index contributed by atoms with van der Waals surface area (Å²) < 4.78 is 11.2. The van der Waals surface area contributed by atoms with Gasteiger partial charge in [-0.25, -0.2) is 4.79 Å². The lowest BCUT2D eigenvalue weighted by Crippen LogP contribution is -2.70. The number of thiophene rings is 1. The molecule has 2 aromatic rings. The number of rotatable bonds is 10. The van der Waals surface area contributed by atoms with Gasteiger partial charge in [0, 0.05) is 28.5 Å². The SMILES string of the molecule is CCOC(=S)SCC1=C(C(=O)OCc2ccc([N+](=O)[O-])cc2)N2C(=O)[C@@H](NC(=O)Cc3cccs3)[C@H]2SC1. The Bertz CT molecular complexity index is 1260. The monoisotopic (exact) mass is 593 g/mol. The van der Waals surface area contributed by atoms with Gasteiger partial charge in [0.15, 0.2) is 0 Å². The van der Waals surface area contributed by atoms with Crippen molar-refractivity contribution in [3.63, 3.8) is 0 Å². The first-order chi connectivity index (χ1) is 18.3. The van der Waals surface area contributed by atoms with E-state index in [1.165, 1.54) is 64.0 Å². The van der Waals surface area contributed by atoms with Crippen molar-refractivity contribution < 1.29 is 28.8 Å². The third-order valence-corrected chi connectivity index (χ3v) is 9.15. The molecule has 200 valence electrons. The fraction of sp³-hybridized carbons (Fsp3) is 0.333. The number of thioether (sulfide) groups is 2. The van der Waals surface area contributed by atoms with Crippen molar-refractivity contribution in [2.75, 3.05) is 18.1 Å². The number of thiocarbonyl (C=S) groups is 1. The number of esters is 1. The van der Waals surface area contributed by atoms with Gasteiger partial charge in [-0.15, -0.1) is 23.1 Å². The number of carbonyl (C=O) groups excluding carboxylic acids is 3. The highest BCUT2D eigenvalue weighted by Crippen LogP contribution is 2.41. The van der Waals surface area contributed by atoms with Crippen molar-refractivity contribution >= 4 is 74.9 Å². The van der Waals surface area contributed by atoms with Crippen LogP contribution in [0.25, 0.3) is 0 Å². The van der Waals surface area contributed by atoms with Crippen LogP contribution in [0.2, 0.25) is 0 Å². The smallest absolute Gasteiger partial charge is 0.355 e. The summed E-state index contributed by atoms with van der Waals surface area (Å²) in [6.45, 7) is 2.11. The Balaban J connectivity index is 1.47. The second-order valence-corrected chi connectivity index (χ2v) is 11.8. The molecule has 0 spiro atoms. The van der Waals surface area contributed by atoms with Gasteiger partial charge in [-0.2, -0.15) is 0 Å². The molecule has 3 heterocycles. The zero-order chi connectivity index (χ0) is 27.2. The van der Waals surface area contributed by atoms with Gasteiger partial charge < -0.3 is 14.8 Å². The normalized spacial score (nSPS) is 18.3. The van der Waals surface area contributed by atoms with E-state index < -0.39 is 22.3 Å². The highest BCUT2D eigenvalue weighted by molar-refractivity contribution is 8.22. The molecule has 2 amide bonds. The molecule has 0 radical (unpaired) electrons. The molecule has 0 bridgehead atoms. The van der Waals surface area contributed by atoms with Crippen molar-refractivity contribution in [1.82, 2.24) is 10.2 Å². The molecule has 0 aliphatic carbocycles. The quantitative estimate of drug-likeness (QED) is 0.143. The first-order valence-corrected chi connectivity index (χ1v) is 14.8. The van der Waals surface area contributed by atoms with E-state index in [2.05, 4.69) is 5.32 Å². The van der Waals surface area contributed by atoms with Crippen molar-refractivity contribution in [3.05, 3.63) is 73.6 Å². The molecule has 0 unspecified atom stereocenters. The molecule has 0 saturated carbocycles. The number of hydrogen-bond donors (Lipinski definition) is 1. The first-order valence-electron chi connectivity index (χ1n) is 11.5. The van der Waals surface area contributed by atoms with Gasteiger partial charge in [0.1, 0.15) is 23.7 Å². The van der Waals surface area contributed by atoms with Crippen molar-refractivity contribution in [1.29, 1.82) is 0 Å². The Morgan fingerprint density at radius 2 is 2.03 bits per heavy atom. The van der Waals surface area contributed by atoms with E-state index >= 15 is 0 Å². The number of benzene rings is 1. The topological polar surface area (TPSA) is 128 Å². The van der Waals surface area contributed by atoms with E-state index in [9.17, 15) is 24.5 Å². The Labute approximate surface area is 236 Å². The second kappa shape index (κ2) is 12.7. The van der Waals surface area contributed by atoms with Gasteiger partial charge in [-0.05, 0) is 53.9 Å². The maximum absolute atomic E-state index is 13.3. The number of nitrogens with one attached hydrogen (secondary N) is 1. The number of ether oxygens (including phenoxy) is 2. The Morgan fingerprint density at radius 3 is 2.68 bits per heavy atom. The van der Waals surface area contributed by atoms with Crippen LogP contribution in [-0.4, -0.2) is 61.5 Å². The molecule has 14 heteroatoms. The zero-order valence-electron chi connectivity index (χ0n) is 20.1. The van der Waals surface area contributed by atoms with Crippen molar-refractivity contribution in [2.24, 2.45) is 0 Å². The molecule has 38 heavy (non-hydrogen) atoms. The van der Waals surface area contributed by atoms with Crippen LogP contribution in [0, 0.1) is 10.1 Å². The molecular weight excluding hydrogens is 571 g/mol. The van der Waals surface area contributed by atoms with Crippen LogP contribution >= 0.6 is 47.1 Å². The average Bonchev–Trinajstić information content (AvgIpc) is 3.42. The summed E-state index contributed by atoms with van der Waals surface area (Å²) in [4.78, 5) is 51.5. The summed E-state index contributed by atoms with van der Waals surface area (Å²) in [6, 6.07) is 8.63. The third-order valence-electron chi connectivity index (χ3n) is 5.62. The summed E-state index contributed by atoms with van der Waals surface area (Å²) in [5.41, 5.74) is 1.30. The standard InChI is InChI=1S/C24H23N3O7S4/c1-2-33-24(35)38-13-15-12-37-22-19(25-18(28)10-17-4-3-9-36-17)21(29)26(22)20(15)23(30)34-11-14-5-7-16(8-6-14)27(31)32/h3-9,19,22H,2,10-13H2,1H3,(H,25,28)/t19-,22-/m1/s1. The van der Waals surface area contributed by atoms with Crippen LogP contribution in [-0.2, 0) is 36.9 Å². The van der Waals surface area contributed by atoms with E-state index in [0.29, 0.717) is 33.6 Å². The Morgan fingerprint density at radius 1 is 1.26 bits per heavy atom. The lowest BCUT2D eigenvalue weighted by Gasteiger charge is -2.49. The van der Waals surface area contributed by atoms with Crippen LogP contribution in [0.1, 0.15) is 17.4 Å². The summed E-state index contributed by atoms with van der Waals surface area (Å²) in [7, 11) is 0. The highest BCUT2D eigenvalue weighted by Gasteiger charge is 2.54. The van der Waals surface area contributed by atoms with E-state index in [4.69, 9.17) is 21.7 Å². The minimum atomic E-state index is -0.747. The van der Waals surface area contributed by atoms with Crippen LogP contribution in [0.5, 0.6) is 0 Å². The molecule has 1 aromatic carbocycles. The summed E-state index contributed by atoms with van der Waals surface area (Å²) >= 11 is 9.36. The minimum Gasteiger partial charge on any atom is -0.479 e. The Kier molecular flexibility index (Phi) is 9.41. The van der Waals surface area contributed by atoms with Crippen LogP contribution in [0.4, 0.5) is 5.69 Å². The number of β-lactam (4-membered cyclic amide) rings is 1. The van der Waals surface area contributed by atoms with E-state index in [1.807, 2.05) is 24.4 Å². The number of amides is 2. The van der Waals surface area contributed by atoms with E-state index in [1.54, 1.807) is 0 Å². The lowest BCUT2D eigenvalue weighted by atomic mass is 10.0.